The summed E-state index contributed by atoms with van der Waals surface area (Å²) in [6.45, 7) is 5.49. The quantitative estimate of drug-likeness (QED) is 0.510. The molecule has 0 aromatic heterocycles. The highest BCUT2D eigenvalue weighted by Gasteiger charge is 2.39. The average molecular weight is 460 g/mol. The van der Waals surface area contributed by atoms with Crippen molar-refractivity contribution in [3.8, 4) is 0 Å². The number of carbonyl (C=O) groups is 5. The van der Waals surface area contributed by atoms with Crippen molar-refractivity contribution >= 4 is 35.4 Å². The van der Waals surface area contributed by atoms with Crippen molar-refractivity contribution in [2.75, 3.05) is 18.5 Å². The summed E-state index contributed by atoms with van der Waals surface area (Å²) in [5, 5.41) is 4.98. The van der Waals surface area contributed by atoms with E-state index in [1.54, 1.807) is 18.2 Å². The van der Waals surface area contributed by atoms with Gasteiger partial charge in [-0.15, -0.1) is 0 Å². The number of nitrogens with zero attached hydrogens (tertiary/aromatic N) is 1. The Kier molecular flexibility index (Phi) is 7.01. The number of ether oxygens (including phenoxy) is 2. The van der Waals surface area contributed by atoms with Gasteiger partial charge >= 0.3 is 6.09 Å². The Morgan fingerprint density at radius 2 is 2.00 bits per heavy atom. The van der Waals surface area contributed by atoms with Crippen LogP contribution < -0.4 is 16.4 Å². The number of hydrogen-bond acceptors (Lipinski definition) is 7. The van der Waals surface area contributed by atoms with Gasteiger partial charge in [-0.05, 0) is 35.6 Å². The molecule has 2 atom stereocenters. The van der Waals surface area contributed by atoms with Gasteiger partial charge in [0, 0.05) is 24.2 Å². The molecular formula is C22H28N4O7. The van der Waals surface area contributed by atoms with Crippen LogP contribution in [0.1, 0.15) is 49.5 Å². The average Bonchev–Trinajstić information content (AvgIpc) is 3.02. The predicted octanol–water partition coefficient (Wildman–Crippen LogP) is 0.913. The van der Waals surface area contributed by atoms with Crippen LogP contribution in [0.3, 0.4) is 0 Å². The summed E-state index contributed by atoms with van der Waals surface area (Å²) in [7, 11) is 0. The Morgan fingerprint density at radius 1 is 1.27 bits per heavy atom. The smallest absolute Gasteiger partial charge is 0.404 e. The molecule has 0 radical (unpaired) electrons. The molecule has 2 heterocycles. The zero-order valence-corrected chi connectivity index (χ0v) is 18.8. The molecule has 11 nitrogen and oxygen atoms in total. The second-order valence-electron chi connectivity index (χ2n) is 9.12. The van der Waals surface area contributed by atoms with Crippen LogP contribution in [0.25, 0.3) is 0 Å². The number of hydrogen-bond donors (Lipinski definition) is 3. The maximum absolute atomic E-state index is 12.7. The van der Waals surface area contributed by atoms with Crippen molar-refractivity contribution in [2.24, 2.45) is 11.1 Å². The fourth-order valence-corrected chi connectivity index (χ4v) is 3.73. The van der Waals surface area contributed by atoms with E-state index in [1.165, 1.54) is 4.90 Å². The molecule has 0 bridgehead atoms. The van der Waals surface area contributed by atoms with Gasteiger partial charge in [-0.1, -0.05) is 20.8 Å². The van der Waals surface area contributed by atoms with E-state index >= 15 is 0 Å². The largest absolute Gasteiger partial charge is 0.447 e. The number of benzene rings is 1. The highest BCUT2D eigenvalue weighted by Crippen LogP contribution is 2.29. The predicted molar refractivity (Wildman–Crippen MR) is 116 cm³/mol. The Bertz CT molecular complexity index is 985. The van der Waals surface area contributed by atoms with E-state index in [-0.39, 0.29) is 44.4 Å². The Morgan fingerprint density at radius 3 is 2.64 bits per heavy atom. The van der Waals surface area contributed by atoms with Crippen molar-refractivity contribution in [1.82, 2.24) is 10.2 Å². The molecule has 3 rings (SSSR count). The van der Waals surface area contributed by atoms with E-state index in [0.717, 1.165) is 0 Å². The van der Waals surface area contributed by atoms with Crippen LogP contribution in [0.15, 0.2) is 18.2 Å². The lowest BCUT2D eigenvalue weighted by Crippen LogP contribution is -2.52. The Hall–Kier alpha value is -3.47. The number of carbonyl (C=O) groups excluding carboxylic acids is 5. The molecule has 1 saturated heterocycles. The zero-order chi connectivity index (χ0) is 24.3. The molecule has 2 unspecified atom stereocenters. The molecule has 5 amide bonds. The molecule has 11 heteroatoms. The molecule has 1 aromatic rings. The number of amides is 5. The second kappa shape index (κ2) is 9.57. The Balaban J connectivity index is 1.60. The van der Waals surface area contributed by atoms with E-state index in [1.807, 2.05) is 20.8 Å². The number of anilines is 1. The van der Waals surface area contributed by atoms with Crippen LogP contribution in [0.5, 0.6) is 0 Å². The van der Waals surface area contributed by atoms with Crippen molar-refractivity contribution in [3.05, 3.63) is 29.3 Å². The van der Waals surface area contributed by atoms with E-state index in [9.17, 15) is 24.0 Å². The fourth-order valence-electron chi connectivity index (χ4n) is 3.73. The normalized spacial score (nSPS) is 19.1. The van der Waals surface area contributed by atoms with Crippen molar-refractivity contribution in [1.29, 1.82) is 0 Å². The summed E-state index contributed by atoms with van der Waals surface area (Å²) in [4.78, 5) is 61.0. The van der Waals surface area contributed by atoms with Gasteiger partial charge in [0.15, 0.2) is 0 Å². The summed E-state index contributed by atoms with van der Waals surface area (Å²) in [5.41, 5.74) is 6.20. The minimum absolute atomic E-state index is 0.0801. The lowest BCUT2D eigenvalue weighted by atomic mass is 9.89. The third kappa shape index (κ3) is 5.86. The minimum atomic E-state index is -0.920. The maximum atomic E-state index is 12.7. The number of primary amides is 1. The number of nitrogens with one attached hydrogen (secondary N) is 2. The zero-order valence-electron chi connectivity index (χ0n) is 18.8. The number of imide groups is 1. The highest BCUT2D eigenvalue weighted by atomic mass is 16.6. The number of fused-ring (bicyclic) bond motifs is 1. The first kappa shape index (κ1) is 24.2. The third-order valence-electron chi connectivity index (χ3n) is 5.57. The standard InChI is InChI=1S/C22H28N4O7/c1-22(2,3)16(10-33-21(23)31)32-11-18(28)24-13-4-5-14-12(8-13)9-26(20(14)30)15-6-7-17(27)25-19(15)29/h4-5,8,15-16H,6-7,9-11H2,1-3H3,(H2,23,31)(H,24,28)(H,25,27,29). The van der Waals surface area contributed by atoms with E-state index < -0.39 is 35.5 Å². The van der Waals surface area contributed by atoms with Crippen molar-refractivity contribution in [2.45, 2.75) is 52.3 Å². The van der Waals surface area contributed by atoms with E-state index in [2.05, 4.69) is 10.6 Å². The Labute approximate surface area is 190 Å². The summed E-state index contributed by atoms with van der Waals surface area (Å²) >= 11 is 0. The van der Waals surface area contributed by atoms with Gasteiger partial charge in [-0.3, -0.25) is 24.5 Å². The van der Waals surface area contributed by atoms with Crippen LogP contribution >= 0.6 is 0 Å². The van der Waals surface area contributed by atoms with E-state index in [4.69, 9.17) is 15.2 Å². The minimum Gasteiger partial charge on any atom is -0.447 e. The molecule has 0 aliphatic carbocycles. The van der Waals surface area contributed by atoms with Crippen LogP contribution in [0, 0.1) is 5.41 Å². The molecular weight excluding hydrogens is 432 g/mol. The van der Waals surface area contributed by atoms with Gasteiger partial charge in [-0.25, -0.2) is 4.79 Å². The monoisotopic (exact) mass is 460 g/mol. The molecule has 4 N–H and O–H groups in total. The topological polar surface area (TPSA) is 157 Å². The summed E-state index contributed by atoms with van der Waals surface area (Å²) in [5.74, 6) is -1.54. The van der Waals surface area contributed by atoms with Gasteiger partial charge in [0.05, 0.1) is 6.10 Å². The van der Waals surface area contributed by atoms with Gasteiger partial charge in [-0.2, -0.15) is 0 Å². The van der Waals surface area contributed by atoms with Gasteiger partial charge in [0.2, 0.25) is 17.7 Å². The SMILES string of the molecule is CC(C)(C)C(COC(N)=O)OCC(=O)Nc1ccc2c(c1)CN(C1CCC(=O)NC1=O)C2=O. The number of nitrogens with two attached hydrogens (primary N) is 1. The molecule has 178 valence electrons. The van der Waals surface area contributed by atoms with Crippen LogP contribution in [0.4, 0.5) is 10.5 Å². The van der Waals surface area contributed by atoms with Gasteiger partial charge < -0.3 is 25.4 Å². The molecule has 1 fully saturated rings. The van der Waals surface area contributed by atoms with E-state index in [0.29, 0.717) is 16.8 Å². The maximum Gasteiger partial charge on any atom is 0.404 e. The molecule has 0 spiro atoms. The van der Waals surface area contributed by atoms with Crippen LogP contribution in [0.2, 0.25) is 0 Å². The van der Waals surface area contributed by atoms with Gasteiger partial charge in [0.1, 0.15) is 19.3 Å². The first-order valence-corrected chi connectivity index (χ1v) is 10.6. The number of piperidine rings is 1. The van der Waals surface area contributed by atoms with Crippen LogP contribution in [-0.4, -0.2) is 60.0 Å². The molecule has 1 aromatic carbocycles. The van der Waals surface area contributed by atoms with Crippen molar-refractivity contribution < 1.29 is 33.4 Å². The summed E-state index contributed by atoms with van der Waals surface area (Å²) < 4.78 is 10.5. The van der Waals surface area contributed by atoms with Crippen LogP contribution in [-0.2, 0) is 30.4 Å². The first-order chi connectivity index (χ1) is 15.5. The summed E-state index contributed by atoms with van der Waals surface area (Å²) in [6, 6.07) is 4.17. The summed E-state index contributed by atoms with van der Waals surface area (Å²) in [6.07, 6.45) is -1.01. The first-order valence-electron chi connectivity index (χ1n) is 10.6. The van der Waals surface area contributed by atoms with Gasteiger partial charge in [0.25, 0.3) is 5.91 Å². The molecule has 33 heavy (non-hydrogen) atoms. The molecule has 2 aliphatic heterocycles. The lowest BCUT2D eigenvalue weighted by Gasteiger charge is -2.29. The second-order valence-corrected chi connectivity index (χ2v) is 9.12. The molecule has 0 saturated carbocycles. The number of rotatable bonds is 7. The third-order valence-corrected chi connectivity index (χ3v) is 5.57. The highest BCUT2D eigenvalue weighted by molar-refractivity contribution is 6.05. The lowest BCUT2D eigenvalue weighted by molar-refractivity contribution is -0.137. The van der Waals surface area contributed by atoms with Crippen molar-refractivity contribution in [3.63, 3.8) is 0 Å². The fraction of sp³-hybridized carbons (Fsp3) is 0.500. The molecule has 2 aliphatic rings.